The average Bonchev–Trinajstić information content (AvgIpc) is 2.61. The number of aromatic nitrogens is 2. The number of anilines is 2. The molecule has 0 amide bonds. The number of para-hydroxylation sites is 2. The Labute approximate surface area is 142 Å². The van der Waals surface area contributed by atoms with E-state index >= 15 is 0 Å². The summed E-state index contributed by atoms with van der Waals surface area (Å²) in [5.74, 6) is 1.56. The number of H-pyrrole nitrogens is 1. The molecule has 6 nitrogen and oxygen atoms in total. The number of nitrogens with one attached hydrogen (secondary N) is 1. The van der Waals surface area contributed by atoms with Crippen LogP contribution >= 0.6 is 0 Å². The zero-order valence-corrected chi connectivity index (χ0v) is 14.5. The summed E-state index contributed by atoms with van der Waals surface area (Å²) in [5, 5.41) is 0. The highest BCUT2D eigenvalue weighted by atomic mass is 16.5. The molecule has 1 aromatic heterocycles. The number of rotatable bonds is 4. The molecule has 0 saturated carbocycles. The van der Waals surface area contributed by atoms with Gasteiger partial charge in [-0.25, -0.2) is 4.98 Å². The van der Waals surface area contributed by atoms with Crippen LogP contribution in [0.15, 0.2) is 29.1 Å². The minimum Gasteiger partial charge on any atom is -0.495 e. The van der Waals surface area contributed by atoms with E-state index in [0.29, 0.717) is 12.4 Å². The van der Waals surface area contributed by atoms with Crippen LogP contribution in [0, 0.1) is 6.92 Å². The van der Waals surface area contributed by atoms with E-state index in [4.69, 9.17) is 4.74 Å². The van der Waals surface area contributed by atoms with Crippen LogP contribution in [0.25, 0.3) is 0 Å². The summed E-state index contributed by atoms with van der Waals surface area (Å²) < 4.78 is 5.45. The highest BCUT2D eigenvalue weighted by Crippen LogP contribution is 2.28. The maximum Gasteiger partial charge on any atom is 0.255 e. The lowest BCUT2D eigenvalue weighted by Crippen LogP contribution is -2.47. The van der Waals surface area contributed by atoms with Crippen LogP contribution < -0.4 is 20.1 Å². The molecule has 0 aliphatic carbocycles. The van der Waals surface area contributed by atoms with E-state index in [9.17, 15) is 4.79 Å². The highest BCUT2D eigenvalue weighted by molar-refractivity contribution is 5.59. The molecule has 1 saturated heterocycles. The van der Waals surface area contributed by atoms with E-state index in [-0.39, 0.29) is 5.56 Å². The van der Waals surface area contributed by atoms with Crippen molar-refractivity contribution in [2.24, 2.45) is 0 Å². The van der Waals surface area contributed by atoms with Gasteiger partial charge >= 0.3 is 0 Å². The number of hydrogen-bond donors (Lipinski definition) is 1. The largest absolute Gasteiger partial charge is 0.495 e. The molecule has 2 aromatic rings. The third-order valence-corrected chi connectivity index (χ3v) is 4.57. The molecule has 24 heavy (non-hydrogen) atoms. The van der Waals surface area contributed by atoms with E-state index in [1.54, 1.807) is 7.11 Å². The number of aryl methyl sites for hydroxylation is 1. The highest BCUT2D eigenvalue weighted by Gasteiger charge is 2.21. The fourth-order valence-electron chi connectivity index (χ4n) is 3.21. The number of hydrogen-bond acceptors (Lipinski definition) is 5. The quantitative estimate of drug-likeness (QED) is 0.930. The SMILES string of the molecule is CCc1c(C)nc(N2CCN(c3ccccc3OC)CC2)[nH]c1=O. The number of piperazine rings is 1. The fourth-order valence-corrected chi connectivity index (χ4v) is 3.21. The first kappa shape index (κ1) is 16.4. The first-order valence-electron chi connectivity index (χ1n) is 8.36. The lowest BCUT2D eigenvalue weighted by Gasteiger charge is -2.36. The van der Waals surface area contributed by atoms with Gasteiger partial charge in [0.05, 0.1) is 12.8 Å². The molecule has 1 N–H and O–H groups in total. The van der Waals surface area contributed by atoms with Crippen molar-refractivity contribution < 1.29 is 4.74 Å². The van der Waals surface area contributed by atoms with E-state index in [0.717, 1.165) is 48.9 Å². The average molecular weight is 328 g/mol. The molecular formula is C18H24N4O2. The zero-order chi connectivity index (χ0) is 17.1. The molecule has 128 valence electrons. The Balaban J connectivity index is 1.75. The van der Waals surface area contributed by atoms with Gasteiger partial charge in [-0.2, -0.15) is 0 Å². The predicted molar refractivity (Wildman–Crippen MR) is 96.4 cm³/mol. The summed E-state index contributed by atoms with van der Waals surface area (Å²) in [4.78, 5) is 24.1. The van der Waals surface area contributed by atoms with Crippen molar-refractivity contribution in [1.29, 1.82) is 0 Å². The summed E-state index contributed by atoms with van der Waals surface area (Å²) >= 11 is 0. The molecule has 1 aliphatic heterocycles. The lowest BCUT2D eigenvalue weighted by atomic mass is 10.2. The molecule has 1 aromatic carbocycles. The topological polar surface area (TPSA) is 61.5 Å². The Kier molecular flexibility index (Phi) is 4.74. The van der Waals surface area contributed by atoms with Crippen LogP contribution in [0.1, 0.15) is 18.2 Å². The summed E-state index contributed by atoms with van der Waals surface area (Å²) in [7, 11) is 1.70. The fraction of sp³-hybridized carbons (Fsp3) is 0.444. The van der Waals surface area contributed by atoms with Crippen molar-refractivity contribution in [2.75, 3.05) is 43.1 Å². The van der Waals surface area contributed by atoms with Crippen molar-refractivity contribution in [3.05, 3.63) is 45.9 Å². The van der Waals surface area contributed by atoms with Crippen LogP contribution in [0.4, 0.5) is 11.6 Å². The Bertz CT molecular complexity index is 764. The first-order chi connectivity index (χ1) is 11.6. The van der Waals surface area contributed by atoms with Gasteiger partial charge in [0.15, 0.2) is 0 Å². The summed E-state index contributed by atoms with van der Waals surface area (Å²) in [5.41, 5.74) is 2.68. The molecular weight excluding hydrogens is 304 g/mol. The third kappa shape index (κ3) is 3.09. The predicted octanol–water partition coefficient (Wildman–Crippen LogP) is 1.98. The number of ether oxygens (including phenoxy) is 1. The second kappa shape index (κ2) is 6.95. The second-order valence-electron chi connectivity index (χ2n) is 5.95. The van der Waals surface area contributed by atoms with Crippen molar-refractivity contribution in [3.63, 3.8) is 0 Å². The maximum absolute atomic E-state index is 12.2. The number of nitrogens with zero attached hydrogens (tertiary/aromatic N) is 3. The standard InChI is InChI=1S/C18H24N4O2/c1-4-14-13(2)19-18(20-17(14)23)22-11-9-21(10-12-22)15-7-5-6-8-16(15)24-3/h5-8H,4,9-12H2,1-3H3,(H,19,20,23). The van der Waals surface area contributed by atoms with Crippen molar-refractivity contribution >= 4 is 11.6 Å². The van der Waals surface area contributed by atoms with Crippen molar-refractivity contribution in [2.45, 2.75) is 20.3 Å². The molecule has 0 radical (unpaired) electrons. The van der Waals surface area contributed by atoms with Gasteiger partial charge in [-0.15, -0.1) is 0 Å². The molecule has 3 rings (SSSR count). The van der Waals surface area contributed by atoms with Gasteiger partial charge < -0.3 is 14.5 Å². The molecule has 0 spiro atoms. The zero-order valence-electron chi connectivity index (χ0n) is 14.5. The maximum atomic E-state index is 12.2. The van der Waals surface area contributed by atoms with Crippen LogP contribution in [-0.2, 0) is 6.42 Å². The summed E-state index contributed by atoms with van der Waals surface area (Å²) in [6.07, 6.45) is 0.704. The Morgan fingerprint density at radius 3 is 2.46 bits per heavy atom. The molecule has 2 heterocycles. The van der Waals surface area contributed by atoms with E-state index in [1.165, 1.54) is 0 Å². The van der Waals surface area contributed by atoms with Gasteiger partial charge in [-0.05, 0) is 25.5 Å². The smallest absolute Gasteiger partial charge is 0.255 e. The minimum absolute atomic E-state index is 0.0211. The molecule has 0 bridgehead atoms. The van der Waals surface area contributed by atoms with Gasteiger partial charge in [0.2, 0.25) is 5.95 Å². The normalized spacial score (nSPS) is 14.8. The molecule has 0 unspecified atom stereocenters. The van der Waals surface area contributed by atoms with E-state index in [1.807, 2.05) is 32.0 Å². The Hall–Kier alpha value is -2.50. The summed E-state index contributed by atoms with van der Waals surface area (Å²) in [6, 6.07) is 8.06. The minimum atomic E-state index is -0.0211. The molecule has 0 atom stereocenters. The van der Waals surface area contributed by atoms with Crippen molar-refractivity contribution in [3.8, 4) is 5.75 Å². The van der Waals surface area contributed by atoms with Crippen LogP contribution in [0.5, 0.6) is 5.75 Å². The van der Waals surface area contributed by atoms with Gasteiger partial charge in [-0.3, -0.25) is 9.78 Å². The Morgan fingerprint density at radius 1 is 1.17 bits per heavy atom. The monoisotopic (exact) mass is 328 g/mol. The Morgan fingerprint density at radius 2 is 1.83 bits per heavy atom. The van der Waals surface area contributed by atoms with Crippen molar-refractivity contribution in [1.82, 2.24) is 9.97 Å². The first-order valence-corrected chi connectivity index (χ1v) is 8.36. The van der Waals surface area contributed by atoms with Crippen LogP contribution in [-0.4, -0.2) is 43.3 Å². The van der Waals surface area contributed by atoms with Gasteiger partial charge in [-0.1, -0.05) is 19.1 Å². The van der Waals surface area contributed by atoms with Gasteiger partial charge in [0.1, 0.15) is 5.75 Å². The number of methoxy groups -OCH3 is 1. The molecule has 1 aliphatic rings. The second-order valence-corrected chi connectivity index (χ2v) is 5.95. The van der Waals surface area contributed by atoms with E-state index < -0.39 is 0 Å². The van der Waals surface area contributed by atoms with Gasteiger partial charge in [0, 0.05) is 37.4 Å². The number of aromatic amines is 1. The summed E-state index contributed by atoms with van der Waals surface area (Å²) in [6.45, 7) is 7.22. The number of benzene rings is 1. The van der Waals surface area contributed by atoms with E-state index in [2.05, 4.69) is 25.8 Å². The van der Waals surface area contributed by atoms with Crippen LogP contribution in [0.2, 0.25) is 0 Å². The van der Waals surface area contributed by atoms with Gasteiger partial charge in [0.25, 0.3) is 5.56 Å². The third-order valence-electron chi connectivity index (χ3n) is 4.57. The van der Waals surface area contributed by atoms with Crippen LogP contribution in [0.3, 0.4) is 0 Å². The lowest BCUT2D eigenvalue weighted by molar-refractivity contribution is 0.413. The molecule has 6 heteroatoms. The molecule has 1 fully saturated rings.